The summed E-state index contributed by atoms with van der Waals surface area (Å²) in [5.74, 6) is 2.58. The molecule has 0 aliphatic heterocycles. The fourth-order valence-electron chi connectivity index (χ4n) is 1.62. The quantitative estimate of drug-likeness (QED) is 0.755. The van der Waals surface area contributed by atoms with E-state index >= 15 is 0 Å². The average molecular weight is 265 g/mol. The Morgan fingerprint density at radius 2 is 1.74 bits per heavy atom. The van der Waals surface area contributed by atoms with Gasteiger partial charge in [0, 0.05) is 31.7 Å². The molecule has 108 valence electrons. The van der Waals surface area contributed by atoms with Crippen molar-refractivity contribution in [3.05, 3.63) is 11.9 Å². The van der Waals surface area contributed by atoms with Crippen LogP contribution in [0, 0.1) is 6.92 Å². The maximum Gasteiger partial charge on any atom is 0.131 e. The number of hydrogen-bond acceptors (Lipinski definition) is 5. The summed E-state index contributed by atoms with van der Waals surface area (Å²) in [5, 5.41) is 6.65. The van der Waals surface area contributed by atoms with Crippen molar-refractivity contribution in [1.29, 1.82) is 0 Å². The summed E-state index contributed by atoms with van der Waals surface area (Å²) in [6, 6.07) is 2.54. The number of anilines is 2. The van der Waals surface area contributed by atoms with Gasteiger partial charge < -0.3 is 15.5 Å². The molecule has 1 aromatic heterocycles. The van der Waals surface area contributed by atoms with Crippen LogP contribution in [0.2, 0.25) is 0 Å². The second-order valence-corrected chi connectivity index (χ2v) is 5.11. The molecular weight excluding hydrogens is 238 g/mol. The largest absolute Gasteiger partial charge is 0.370 e. The molecule has 0 saturated carbocycles. The van der Waals surface area contributed by atoms with Crippen molar-refractivity contribution in [3.8, 4) is 0 Å². The lowest BCUT2D eigenvalue weighted by atomic mass is 10.3. The minimum absolute atomic E-state index is 0.565. The Labute approximate surface area is 116 Å². The highest BCUT2D eigenvalue weighted by atomic mass is 15.1. The van der Waals surface area contributed by atoms with Crippen molar-refractivity contribution in [2.45, 2.75) is 40.2 Å². The Morgan fingerprint density at radius 3 is 2.26 bits per heavy atom. The summed E-state index contributed by atoms with van der Waals surface area (Å²) in [4.78, 5) is 11.1. The fourth-order valence-corrected chi connectivity index (χ4v) is 1.62. The molecule has 5 nitrogen and oxygen atoms in total. The number of nitrogens with one attached hydrogen (secondary N) is 2. The van der Waals surface area contributed by atoms with E-state index in [0.717, 1.165) is 43.5 Å². The molecule has 0 amide bonds. The molecule has 2 N–H and O–H groups in total. The zero-order chi connectivity index (χ0) is 14.3. The van der Waals surface area contributed by atoms with Gasteiger partial charge in [-0.1, -0.05) is 6.92 Å². The zero-order valence-corrected chi connectivity index (χ0v) is 12.8. The van der Waals surface area contributed by atoms with Crippen LogP contribution in [0.15, 0.2) is 6.07 Å². The fraction of sp³-hybridized carbons (Fsp3) is 0.714. The number of nitrogens with zero attached hydrogens (tertiary/aromatic N) is 3. The lowest BCUT2D eigenvalue weighted by molar-refractivity contribution is 0.284. The third-order valence-electron chi connectivity index (χ3n) is 3.05. The number of hydrogen-bond donors (Lipinski definition) is 2. The molecule has 0 bridgehead atoms. The van der Waals surface area contributed by atoms with Crippen molar-refractivity contribution in [1.82, 2.24) is 14.9 Å². The van der Waals surface area contributed by atoms with Gasteiger partial charge in [-0.2, -0.15) is 0 Å². The van der Waals surface area contributed by atoms with Crippen LogP contribution in [-0.4, -0.2) is 47.6 Å². The van der Waals surface area contributed by atoms with E-state index in [1.54, 1.807) is 0 Å². The summed E-state index contributed by atoms with van der Waals surface area (Å²) in [5.41, 5.74) is 0. The van der Waals surface area contributed by atoms with Gasteiger partial charge in [0.15, 0.2) is 0 Å². The molecule has 0 aliphatic carbocycles. The summed E-state index contributed by atoms with van der Waals surface area (Å²) >= 11 is 0. The van der Waals surface area contributed by atoms with Gasteiger partial charge in [0.25, 0.3) is 0 Å². The maximum absolute atomic E-state index is 4.40. The van der Waals surface area contributed by atoms with Crippen molar-refractivity contribution in [2.24, 2.45) is 0 Å². The first-order valence-electron chi connectivity index (χ1n) is 7.06. The third-order valence-corrected chi connectivity index (χ3v) is 3.05. The molecule has 1 rings (SSSR count). The second kappa shape index (κ2) is 7.94. The summed E-state index contributed by atoms with van der Waals surface area (Å²) in [7, 11) is 2.13. The van der Waals surface area contributed by atoms with E-state index < -0.39 is 0 Å². The van der Waals surface area contributed by atoms with Crippen LogP contribution in [0.3, 0.4) is 0 Å². The maximum atomic E-state index is 4.40. The summed E-state index contributed by atoms with van der Waals surface area (Å²) < 4.78 is 0. The number of aromatic nitrogens is 2. The van der Waals surface area contributed by atoms with Gasteiger partial charge >= 0.3 is 0 Å². The number of rotatable bonds is 8. The highest BCUT2D eigenvalue weighted by molar-refractivity contribution is 5.47. The Morgan fingerprint density at radius 1 is 1.16 bits per heavy atom. The van der Waals surface area contributed by atoms with Gasteiger partial charge in [-0.25, -0.2) is 9.97 Å². The molecule has 0 fully saturated rings. The van der Waals surface area contributed by atoms with E-state index in [1.807, 2.05) is 13.0 Å². The molecule has 0 aliphatic rings. The molecule has 1 heterocycles. The van der Waals surface area contributed by atoms with Gasteiger partial charge in [-0.3, -0.25) is 0 Å². The Hall–Kier alpha value is -1.36. The van der Waals surface area contributed by atoms with Crippen molar-refractivity contribution >= 4 is 11.6 Å². The molecule has 0 spiro atoms. The first-order chi connectivity index (χ1) is 9.02. The molecule has 0 radical (unpaired) electrons. The molecule has 5 heteroatoms. The Balaban J connectivity index is 2.51. The van der Waals surface area contributed by atoms with E-state index in [1.165, 1.54) is 0 Å². The molecule has 0 unspecified atom stereocenters. The molecular formula is C14H27N5. The van der Waals surface area contributed by atoms with E-state index in [-0.39, 0.29) is 0 Å². The average Bonchev–Trinajstić information content (AvgIpc) is 2.35. The van der Waals surface area contributed by atoms with E-state index in [4.69, 9.17) is 0 Å². The second-order valence-electron chi connectivity index (χ2n) is 5.11. The van der Waals surface area contributed by atoms with Crippen LogP contribution in [0.1, 0.15) is 33.0 Å². The van der Waals surface area contributed by atoms with E-state index in [0.29, 0.717) is 6.04 Å². The highest BCUT2D eigenvalue weighted by Crippen LogP contribution is 2.10. The minimum atomic E-state index is 0.565. The molecule has 19 heavy (non-hydrogen) atoms. The SMILES string of the molecule is CCCNc1cc(NCCN(C)C(C)C)nc(C)n1. The third kappa shape index (κ3) is 5.87. The molecule has 0 aromatic carbocycles. The van der Waals surface area contributed by atoms with Gasteiger partial charge in [-0.05, 0) is 34.2 Å². The van der Waals surface area contributed by atoms with E-state index in [9.17, 15) is 0 Å². The Bertz CT molecular complexity index is 378. The minimum Gasteiger partial charge on any atom is -0.370 e. The van der Waals surface area contributed by atoms with Crippen LogP contribution in [0.5, 0.6) is 0 Å². The standard InChI is InChI=1S/C14H27N5/c1-6-7-15-13-10-14(18-12(4)17-13)16-8-9-19(5)11(2)3/h10-11H,6-9H2,1-5H3,(H2,15,16,17,18). The monoisotopic (exact) mass is 265 g/mol. The molecule has 1 aromatic rings. The van der Waals surface area contributed by atoms with Gasteiger partial charge in [0.2, 0.25) is 0 Å². The number of aryl methyl sites for hydroxylation is 1. The van der Waals surface area contributed by atoms with Gasteiger partial charge in [0.05, 0.1) is 0 Å². The first-order valence-corrected chi connectivity index (χ1v) is 7.06. The van der Waals surface area contributed by atoms with Crippen LogP contribution in [0.4, 0.5) is 11.6 Å². The van der Waals surface area contributed by atoms with Crippen LogP contribution < -0.4 is 10.6 Å². The molecule has 0 atom stereocenters. The van der Waals surface area contributed by atoms with Crippen LogP contribution >= 0.6 is 0 Å². The lowest BCUT2D eigenvalue weighted by Gasteiger charge is -2.21. The lowest BCUT2D eigenvalue weighted by Crippen LogP contribution is -2.31. The van der Waals surface area contributed by atoms with Crippen molar-refractivity contribution < 1.29 is 0 Å². The van der Waals surface area contributed by atoms with Gasteiger partial charge in [-0.15, -0.1) is 0 Å². The topological polar surface area (TPSA) is 53.1 Å². The smallest absolute Gasteiger partial charge is 0.131 e. The highest BCUT2D eigenvalue weighted by Gasteiger charge is 2.04. The van der Waals surface area contributed by atoms with E-state index in [2.05, 4.69) is 53.3 Å². The summed E-state index contributed by atoms with van der Waals surface area (Å²) in [6.07, 6.45) is 1.09. The van der Waals surface area contributed by atoms with Gasteiger partial charge in [0.1, 0.15) is 17.5 Å². The summed E-state index contributed by atoms with van der Waals surface area (Å²) in [6.45, 7) is 11.3. The van der Waals surface area contributed by atoms with Crippen LogP contribution in [0.25, 0.3) is 0 Å². The Kier molecular flexibility index (Phi) is 6.56. The first kappa shape index (κ1) is 15.7. The number of likely N-dealkylation sites (N-methyl/N-ethyl adjacent to an activating group) is 1. The predicted octanol–water partition coefficient (Wildman–Crippen LogP) is 2.36. The van der Waals surface area contributed by atoms with Crippen LogP contribution in [-0.2, 0) is 0 Å². The van der Waals surface area contributed by atoms with Crippen molar-refractivity contribution in [3.63, 3.8) is 0 Å². The normalized spacial score (nSPS) is 11.1. The zero-order valence-electron chi connectivity index (χ0n) is 12.8. The molecule has 0 saturated heterocycles. The predicted molar refractivity (Wildman–Crippen MR) is 81.8 cm³/mol. The van der Waals surface area contributed by atoms with Crippen molar-refractivity contribution in [2.75, 3.05) is 37.3 Å².